The summed E-state index contributed by atoms with van der Waals surface area (Å²) in [4.78, 5) is 17.2. The minimum absolute atomic E-state index is 0. The first-order valence-electron chi connectivity index (χ1n) is 12.0. The molecule has 7 rings (SSSR count). The summed E-state index contributed by atoms with van der Waals surface area (Å²) in [6.07, 6.45) is 8.27. The van der Waals surface area contributed by atoms with E-state index in [1.807, 2.05) is 18.2 Å². The molecule has 0 spiro atoms. The first-order valence-corrected chi connectivity index (χ1v) is 12.0. The van der Waals surface area contributed by atoms with E-state index < -0.39 is 0 Å². The minimum Gasteiger partial charge on any atom is -0.355 e. The van der Waals surface area contributed by atoms with Crippen LogP contribution in [-0.4, -0.2) is 19.9 Å². The molecule has 0 saturated carbocycles. The molecule has 5 aromatic rings. The molecular formula is C32H22CoN4+2. The zero-order chi connectivity index (χ0) is 23.9. The van der Waals surface area contributed by atoms with Crippen molar-refractivity contribution < 1.29 is 16.8 Å². The Kier molecular flexibility index (Phi) is 5.92. The number of nitrogens with zero attached hydrogens (tertiary/aromatic N) is 2. The van der Waals surface area contributed by atoms with Crippen LogP contribution in [0.25, 0.3) is 68.6 Å². The van der Waals surface area contributed by atoms with Crippen molar-refractivity contribution in [2.75, 3.05) is 0 Å². The summed E-state index contributed by atoms with van der Waals surface area (Å²) in [5.41, 5.74) is 12.1. The van der Waals surface area contributed by atoms with E-state index in [4.69, 9.17) is 9.97 Å². The molecule has 2 aliphatic rings. The quantitative estimate of drug-likeness (QED) is 0.242. The van der Waals surface area contributed by atoms with E-state index in [-0.39, 0.29) is 16.8 Å². The van der Waals surface area contributed by atoms with Crippen molar-refractivity contribution in [3.8, 4) is 22.3 Å². The Morgan fingerprint density at radius 1 is 0.459 bits per heavy atom. The Balaban J connectivity index is 0.00000252. The fourth-order valence-electron chi connectivity index (χ4n) is 4.89. The third-order valence-corrected chi connectivity index (χ3v) is 6.52. The summed E-state index contributed by atoms with van der Waals surface area (Å²) >= 11 is 0. The van der Waals surface area contributed by atoms with Crippen LogP contribution in [0, 0.1) is 0 Å². The van der Waals surface area contributed by atoms with Gasteiger partial charge in [-0.15, -0.1) is 0 Å². The molecule has 5 heterocycles. The molecule has 0 unspecified atom stereocenters. The average molecular weight is 521 g/mol. The fourth-order valence-corrected chi connectivity index (χ4v) is 4.89. The molecule has 2 aliphatic heterocycles. The van der Waals surface area contributed by atoms with Gasteiger partial charge in [0.15, 0.2) is 0 Å². The van der Waals surface area contributed by atoms with E-state index in [0.717, 1.165) is 67.1 Å². The second-order valence-corrected chi connectivity index (χ2v) is 8.94. The van der Waals surface area contributed by atoms with Gasteiger partial charge in [0.1, 0.15) is 0 Å². The summed E-state index contributed by atoms with van der Waals surface area (Å²) in [6, 6.07) is 33.4. The molecule has 0 saturated heterocycles. The molecule has 2 aromatic carbocycles. The first kappa shape index (κ1) is 23.0. The van der Waals surface area contributed by atoms with Gasteiger partial charge in [0, 0.05) is 33.2 Å². The van der Waals surface area contributed by atoms with Crippen molar-refractivity contribution >= 4 is 46.4 Å². The number of aromatic amines is 2. The second-order valence-electron chi connectivity index (χ2n) is 8.94. The number of nitrogens with one attached hydrogen (secondary N) is 2. The molecule has 8 bridgehead atoms. The molecule has 4 nitrogen and oxygen atoms in total. The SMILES string of the molecule is C1=Cc2nc1cc1nc(c(-c3ccccc3)c3ccc(cc4ccc([nH]4)c2-c2ccccc2)[nH]3)C=C1.[Co+2]. The minimum atomic E-state index is 0. The molecule has 0 atom stereocenters. The zero-order valence-electron chi connectivity index (χ0n) is 19.8. The Labute approximate surface area is 224 Å². The van der Waals surface area contributed by atoms with Crippen molar-refractivity contribution in [3.05, 3.63) is 120 Å². The Hall–Kier alpha value is -4.45. The third-order valence-electron chi connectivity index (χ3n) is 6.52. The monoisotopic (exact) mass is 521 g/mol. The molecule has 37 heavy (non-hydrogen) atoms. The predicted molar refractivity (Wildman–Crippen MR) is 150 cm³/mol. The standard InChI is InChI=1S/C32H22N4.Co/c1-3-7-21(8-4-1)31-27-15-11-23(33-27)19-25-13-17-29(35-25)32(22-9-5-2-6-10-22)30-18-14-26(36-30)20-24-12-16-28(31)34-24;/h1-20,33,35H;/q;+2. The number of hydrogen-bond acceptors (Lipinski definition) is 2. The van der Waals surface area contributed by atoms with Crippen LogP contribution in [0.15, 0.2) is 97.1 Å². The first-order chi connectivity index (χ1) is 17.8. The third kappa shape index (κ3) is 4.35. The van der Waals surface area contributed by atoms with Crippen molar-refractivity contribution in [1.29, 1.82) is 0 Å². The van der Waals surface area contributed by atoms with Gasteiger partial charge in [0.05, 0.1) is 22.8 Å². The van der Waals surface area contributed by atoms with Crippen LogP contribution < -0.4 is 0 Å². The van der Waals surface area contributed by atoms with Crippen molar-refractivity contribution in [1.82, 2.24) is 19.9 Å². The Bertz CT molecular complexity index is 1700. The number of aromatic nitrogens is 4. The van der Waals surface area contributed by atoms with E-state index >= 15 is 0 Å². The normalized spacial score (nSPS) is 11.9. The van der Waals surface area contributed by atoms with E-state index in [9.17, 15) is 0 Å². The number of H-pyrrole nitrogens is 2. The maximum absolute atomic E-state index is 4.98. The Morgan fingerprint density at radius 2 is 0.919 bits per heavy atom. The van der Waals surface area contributed by atoms with E-state index in [1.165, 1.54) is 0 Å². The largest absolute Gasteiger partial charge is 2.00 e. The topological polar surface area (TPSA) is 57.4 Å². The van der Waals surface area contributed by atoms with Crippen LogP contribution in [0.1, 0.15) is 22.8 Å². The van der Waals surface area contributed by atoms with E-state index in [0.29, 0.717) is 0 Å². The maximum atomic E-state index is 4.98. The molecule has 0 fully saturated rings. The molecule has 2 N–H and O–H groups in total. The van der Waals surface area contributed by atoms with Gasteiger partial charge in [0.2, 0.25) is 0 Å². The fraction of sp³-hybridized carbons (Fsp3) is 0. The van der Waals surface area contributed by atoms with Gasteiger partial charge < -0.3 is 9.97 Å². The predicted octanol–water partition coefficient (Wildman–Crippen LogP) is 7.99. The van der Waals surface area contributed by atoms with Crippen LogP contribution in [0.2, 0.25) is 0 Å². The second kappa shape index (κ2) is 9.54. The number of benzene rings is 2. The smallest absolute Gasteiger partial charge is 0.355 e. The van der Waals surface area contributed by atoms with Crippen LogP contribution in [0.4, 0.5) is 0 Å². The summed E-state index contributed by atoms with van der Waals surface area (Å²) in [5, 5.41) is 0. The molecule has 1 radical (unpaired) electrons. The number of rotatable bonds is 2. The average Bonchev–Trinajstić information content (AvgIpc) is 3.72. The van der Waals surface area contributed by atoms with Gasteiger partial charge in [-0.25, -0.2) is 9.97 Å². The van der Waals surface area contributed by atoms with Gasteiger partial charge in [-0.2, -0.15) is 0 Å². The number of fused-ring (bicyclic) bond motifs is 8. The molecule has 3 aromatic heterocycles. The van der Waals surface area contributed by atoms with Crippen LogP contribution >= 0.6 is 0 Å². The number of hydrogen-bond donors (Lipinski definition) is 2. The van der Waals surface area contributed by atoms with Crippen LogP contribution in [0.3, 0.4) is 0 Å². The van der Waals surface area contributed by atoms with Crippen molar-refractivity contribution in [2.45, 2.75) is 0 Å². The molecule has 0 aliphatic carbocycles. The summed E-state index contributed by atoms with van der Waals surface area (Å²) in [6.45, 7) is 0. The van der Waals surface area contributed by atoms with E-state index in [2.05, 4.69) is 113 Å². The van der Waals surface area contributed by atoms with Crippen molar-refractivity contribution in [2.24, 2.45) is 0 Å². The molecular weight excluding hydrogens is 499 g/mol. The van der Waals surface area contributed by atoms with Gasteiger partial charge in [-0.1, -0.05) is 60.7 Å². The van der Waals surface area contributed by atoms with Gasteiger partial charge in [-0.3, -0.25) is 0 Å². The van der Waals surface area contributed by atoms with Crippen molar-refractivity contribution in [3.63, 3.8) is 0 Å². The van der Waals surface area contributed by atoms with Crippen LogP contribution in [-0.2, 0) is 16.8 Å². The van der Waals surface area contributed by atoms with Gasteiger partial charge in [0.25, 0.3) is 0 Å². The zero-order valence-corrected chi connectivity index (χ0v) is 20.8. The summed E-state index contributed by atoms with van der Waals surface area (Å²) in [7, 11) is 0. The summed E-state index contributed by atoms with van der Waals surface area (Å²) < 4.78 is 0. The molecule has 177 valence electrons. The maximum Gasteiger partial charge on any atom is 2.00 e. The Morgan fingerprint density at radius 3 is 1.38 bits per heavy atom. The van der Waals surface area contributed by atoms with Crippen LogP contribution in [0.5, 0.6) is 0 Å². The van der Waals surface area contributed by atoms with Gasteiger partial charge >= 0.3 is 16.8 Å². The van der Waals surface area contributed by atoms with Gasteiger partial charge in [-0.05, 0) is 71.8 Å². The summed E-state index contributed by atoms with van der Waals surface area (Å²) in [5.74, 6) is 0. The van der Waals surface area contributed by atoms with E-state index in [1.54, 1.807) is 0 Å². The molecule has 0 amide bonds. The molecule has 5 heteroatoms.